The molecule has 0 radical (unpaired) electrons. The highest BCUT2D eigenvalue weighted by molar-refractivity contribution is 6.35. The standard InChI is InChI=1S/C19H20Cl3NO4/c1-2-3-8-25-17-6-4-13(9-15(17)21)11-27-23-19(24)12-26-18-7-5-14(20)10-16(18)22/h4-7,9-10H,2-3,8,11-12H2,1H3,(H,23,24). The number of hydroxylamine groups is 1. The van der Waals surface area contributed by atoms with Gasteiger partial charge in [0.15, 0.2) is 6.61 Å². The Morgan fingerprint density at radius 3 is 2.41 bits per heavy atom. The summed E-state index contributed by atoms with van der Waals surface area (Å²) in [5.74, 6) is 0.541. The lowest BCUT2D eigenvalue weighted by Crippen LogP contribution is -2.29. The molecular weight excluding hydrogens is 413 g/mol. The molecule has 0 aromatic heterocycles. The summed E-state index contributed by atoms with van der Waals surface area (Å²) in [6.07, 6.45) is 2.02. The lowest BCUT2D eigenvalue weighted by atomic mass is 10.2. The Kier molecular flexibility index (Phi) is 9.01. The van der Waals surface area contributed by atoms with Crippen molar-refractivity contribution in [2.75, 3.05) is 13.2 Å². The van der Waals surface area contributed by atoms with Crippen LogP contribution in [0.4, 0.5) is 0 Å². The number of nitrogens with one attached hydrogen (secondary N) is 1. The highest BCUT2D eigenvalue weighted by atomic mass is 35.5. The molecule has 0 saturated heterocycles. The molecule has 0 aliphatic rings. The van der Waals surface area contributed by atoms with Crippen molar-refractivity contribution in [2.45, 2.75) is 26.4 Å². The Balaban J connectivity index is 1.73. The van der Waals surface area contributed by atoms with Gasteiger partial charge < -0.3 is 9.47 Å². The van der Waals surface area contributed by atoms with E-state index in [0.717, 1.165) is 18.4 Å². The minimum absolute atomic E-state index is 0.155. The van der Waals surface area contributed by atoms with Gasteiger partial charge in [0.1, 0.15) is 11.5 Å². The van der Waals surface area contributed by atoms with Crippen molar-refractivity contribution in [1.29, 1.82) is 0 Å². The first-order valence-corrected chi connectivity index (χ1v) is 9.52. The average molecular weight is 433 g/mol. The van der Waals surface area contributed by atoms with Gasteiger partial charge in [-0.3, -0.25) is 9.63 Å². The number of hydrogen-bond acceptors (Lipinski definition) is 4. The molecule has 8 heteroatoms. The maximum absolute atomic E-state index is 11.8. The van der Waals surface area contributed by atoms with Crippen LogP contribution in [0.25, 0.3) is 0 Å². The predicted molar refractivity (Wildman–Crippen MR) is 107 cm³/mol. The van der Waals surface area contributed by atoms with Gasteiger partial charge >= 0.3 is 0 Å². The van der Waals surface area contributed by atoms with Gasteiger partial charge in [0.05, 0.1) is 23.3 Å². The molecule has 0 bridgehead atoms. The second kappa shape index (κ2) is 11.2. The van der Waals surface area contributed by atoms with Crippen molar-refractivity contribution < 1.29 is 19.1 Å². The highest BCUT2D eigenvalue weighted by Crippen LogP contribution is 2.27. The van der Waals surface area contributed by atoms with E-state index in [2.05, 4.69) is 12.4 Å². The second-order valence-electron chi connectivity index (χ2n) is 5.64. The molecule has 0 aliphatic heterocycles. The van der Waals surface area contributed by atoms with E-state index in [1.54, 1.807) is 24.3 Å². The van der Waals surface area contributed by atoms with Gasteiger partial charge in [-0.15, -0.1) is 0 Å². The molecular formula is C19H20Cl3NO4. The van der Waals surface area contributed by atoms with Crippen molar-refractivity contribution in [3.63, 3.8) is 0 Å². The number of carbonyl (C=O) groups is 1. The number of benzene rings is 2. The van der Waals surface area contributed by atoms with Crippen LogP contribution in [0.15, 0.2) is 36.4 Å². The lowest BCUT2D eigenvalue weighted by molar-refractivity contribution is -0.136. The summed E-state index contributed by atoms with van der Waals surface area (Å²) in [5, 5.41) is 1.31. The number of amides is 1. The Bertz CT molecular complexity index is 771. The number of unbranched alkanes of at least 4 members (excludes halogenated alkanes) is 1. The smallest absolute Gasteiger partial charge is 0.281 e. The summed E-state index contributed by atoms with van der Waals surface area (Å²) < 4.78 is 10.9. The third-order valence-corrected chi connectivity index (χ3v) is 4.26. The maximum Gasteiger partial charge on any atom is 0.281 e. The lowest BCUT2D eigenvalue weighted by Gasteiger charge is -2.11. The second-order valence-corrected chi connectivity index (χ2v) is 6.89. The number of ether oxygens (including phenoxy) is 2. The minimum atomic E-state index is -0.452. The Morgan fingerprint density at radius 2 is 1.70 bits per heavy atom. The van der Waals surface area contributed by atoms with Gasteiger partial charge in [0.25, 0.3) is 5.91 Å². The molecule has 0 atom stereocenters. The molecule has 5 nitrogen and oxygen atoms in total. The van der Waals surface area contributed by atoms with Crippen LogP contribution in [-0.2, 0) is 16.2 Å². The fraction of sp³-hybridized carbons (Fsp3) is 0.316. The molecule has 146 valence electrons. The summed E-state index contributed by atoms with van der Waals surface area (Å²) in [6, 6.07) is 10.1. The molecule has 2 aromatic rings. The third-order valence-electron chi connectivity index (χ3n) is 3.43. The van der Waals surface area contributed by atoms with Crippen molar-refractivity contribution >= 4 is 40.7 Å². The number of carbonyl (C=O) groups excluding carboxylic acids is 1. The molecule has 2 aromatic carbocycles. The molecule has 0 heterocycles. The van der Waals surface area contributed by atoms with Crippen LogP contribution in [0.1, 0.15) is 25.3 Å². The van der Waals surface area contributed by atoms with E-state index < -0.39 is 5.91 Å². The van der Waals surface area contributed by atoms with Crippen LogP contribution in [0, 0.1) is 0 Å². The van der Waals surface area contributed by atoms with Crippen LogP contribution in [0.3, 0.4) is 0 Å². The van der Waals surface area contributed by atoms with E-state index in [9.17, 15) is 4.79 Å². The van der Waals surface area contributed by atoms with E-state index in [4.69, 9.17) is 49.1 Å². The maximum atomic E-state index is 11.8. The zero-order valence-corrected chi connectivity index (χ0v) is 17.0. The fourth-order valence-corrected chi connectivity index (χ4v) is 2.76. The Labute approximate surface area is 173 Å². The van der Waals surface area contributed by atoms with Gasteiger partial charge in [-0.2, -0.15) is 0 Å². The van der Waals surface area contributed by atoms with E-state index in [1.165, 1.54) is 6.07 Å². The van der Waals surface area contributed by atoms with E-state index in [1.807, 2.05) is 6.07 Å². The van der Waals surface area contributed by atoms with Gasteiger partial charge in [0, 0.05) is 5.02 Å². The zero-order valence-electron chi connectivity index (χ0n) is 14.8. The van der Waals surface area contributed by atoms with Crippen molar-refractivity contribution in [1.82, 2.24) is 5.48 Å². The zero-order chi connectivity index (χ0) is 19.6. The SMILES string of the molecule is CCCCOc1ccc(CONC(=O)COc2ccc(Cl)cc2Cl)cc1Cl. The highest BCUT2D eigenvalue weighted by Gasteiger charge is 2.08. The molecule has 27 heavy (non-hydrogen) atoms. The quantitative estimate of drug-likeness (QED) is 0.400. The molecule has 2 rings (SSSR count). The first-order valence-electron chi connectivity index (χ1n) is 8.39. The monoisotopic (exact) mass is 431 g/mol. The van der Waals surface area contributed by atoms with Crippen LogP contribution in [0.2, 0.25) is 15.1 Å². The first kappa shape index (κ1) is 21.6. The largest absolute Gasteiger partial charge is 0.492 e. The minimum Gasteiger partial charge on any atom is -0.492 e. The number of rotatable bonds is 10. The van der Waals surface area contributed by atoms with Crippen LogP contribution in [0.5, 0.6) is 11.5 Å². The molecule has 0 saturated carbocycles. The average Bonchev–Trinajstić information content (AvgIpc) is 2.63. The van der Waals surface area contributed by atoms with Gasteiger partial charge in [-0.1, -0.05) is 54.2 Å². The molecule has 1 amide bonds. The molecule has 0 unspecified atom stereocenters. The third kappa shape index (κ3) is 7.46. The van der Waals surface area contributed by atoms with Gasteiger partial charge in [-0.25, -0.2) is 5.48 Å². The molecule has 0 spiro atoms. The Hall–Kier alpha value is -1.66. The normalized spacial score (nSPS) is 10.5. The summed E-state index contributed by atoms with van der Waals surface area (Å²) in [5.41, 5.74) is 3.10. The topological polar surface area (TPSA) is 56.8 Å². The summed E-state index contributed by atoms with van der Waals surface area (Å²) >= 11 is 18.0. The Morgan fingerprint density at radius 1 is 1.00 bits per heavy atom. The van der Waals surface area contributed by atoms with Crippen molar-refractivity contribution in [2.24, 2.45) is 0 Å². The molecule has 0 aliphatic carbocycles. The van der Waals surface area contributed by atoms with Crippen molar-refractivity contribution in [3.8, 4) is 11.5 Å². The predicted octanol–water partition coefficient (Wildman–Crippen LogP) is 5.45. The van der Waals surface area contributed by atoms with Crippen LogP contribution in [-0.4, -0.2) is 19.1 Å². The molecule has 0 fully saturated rings. The summed E-state index contributed by atoms with van der Waals surface area (Å²) in [6.45, 7) is 2.63. The number of hydrogen-bond donors (Lipinski definition) is 1. The number of halogens is 3. The van der Waals surface area contributed by atoms with Gasteiger partial charge in [-0.05, 0) is 42.3 Å². The van der Waals surface area contributed by atoms with E-state index >= 15 is 0 Å². The van der Waals surface area contributed by atoms with Crippen LogP contribution < -0.4 is 15.0 Å². The summed E-state index contributed by atoms with van der Waals surface area (Å²) in [7, 11) is 0. The van der Waals surface area contributed by atoms with Crippen LogP contribution >= 0.6 is 34.8 Å². The first-order chi connectivity index (χ1) is 13.0. The molecule has 1 N–H and O–H groups in total. The summed E-state index contributed by atoms with van der Waals surface area (Å²) in [4.78, 5) is 17.0. The van der Waals surface area contributed by atoms with Gasteiger partial charge in [0.2, 0.25) is 0 Å². The fourth-order valence-electron chi connectivity index (χ4n) is 2.04. The van der Waals surface area contributed by atoms with E-state index in [-0.39, 0.29) is 13.2 Å². The van der Waals surface area contributed by atoms with E-state index in [0.29, 0.717) is 33.2 Å². The van der Waals surface area contributed by atoms with Crippen molar-refractivity contribution in [3.05, 3.63) is 57.0 Å².